The largest absolute Gasteiger partial charge is 0.378 e. The second kappa shape index (κ2) is 8.87. The number of carbonyl (C=O) groups excluding carboxylic acids is 1. The zero-order chi connectivity index (χ0) is 20.9. The van der Waals surface area contributed by atoms with Gasteiger partial charge in [0.25, 0.3) is 5.91 Å². The van der Waals surface area contributed by atoms with Crippen LogP contribution < -0.4 is 10.2 Å². The monoisotopic (exact) mass is 409 g/mol. The molecule has 7 heteroatoms. The Bertz CT molecular complexity index is 1050. The summed E-state index contributed by atoms with van der Waals surface area (Å²) < 4.78 is 26.7. The van der Waals surface area contributed by atoms with E-state index in [9.17, 15) is 13.2 Å². The molecule has 3 rings (SSSR count). The van der Waals surface area contributed by atoms with Crippen LogP contribution in [0, 0.1) is 0 Å². The lowest BCUT2D eigenvalue weighted by Gasteiger charge is -2.20. The second-order valence-electron chi connectivity index (χ2n) is 6.78. The van der Waals surface area contributed by atoms with Crippen molar-refractivity contribution in [3.63, 3.8) is 0 Å². The molecule has 0 spiro atoms. The Balaban J connectivity index is 1.92. The second-order valence-corrected chi connectivity index (χ2v) is 8.91. The minimum Gasteiger partial charge on any atom is -0.378 e. The van der Waals surface area contributed by atoms with Crippen molar-refractivity contribution in [2.75, 3.05) is 25.5 Å². The van der Waals surface area contributed by atoms with E-state index < -0.39 is 15.1 Å². The van der Waals surface area contributed by atoms with Crippen LogP contribution >= 0.6 is 0 Å². The van der Waals surface area contributed by atoms with Gasteiger partial charge in [-0.1, -0.05) is 30.3 Å². The van der Waals surface area contributed by atoms with Crippen LogP contribution in [-0.4, -0.2) is 39.9 Å². The molecule has 2 aromatic carbocycles. The van der Waals surface area contributed by atoms with Crippen LogP contribution in [0.4, 0.5) is 5.69 Å². The quantitative estimate of drug-likeness (QED) is 0.649. The van der Waals surface area contributed by atoms with Gasteiger partial charge in [-0.25, -0.2) is 8.42 Å². The molecule has 0 aliphatic carbocycles. The molecule has 6 nitrogen and oxygen atoms in total. The zero-order valence-electron chi connectivity index (χ0n) is 16.3. The number of anilines is 1. The summed E-state index contributed by atoms with van der Waals surface area (Å²) in [5.74, 6) is -0.342. The number of nitrogens with one attached hydrogen (secondary N) is 1. The Labute approximate surface area is 171 Å². The van der Waals surface area contributed by atoms with E-state index in [0.29, 0.717) is 11.1 Å². The van der Waals surface area contributed by atoms with Crippen molar-refractivity contribution >= 4 is 21.4 Å². The Morgan fingerprint density at radius 1 is 0.966 bits per heavy atom. The number of amides is 1. The van der Waals surface area contributed by atoms with Crippen molar-refractivity contribution in [3.8, 4) is 0 Å². The summed E-state index contributed by atoms with van der Waals surface area (Å²) >= 11 is 0. The number of rotatable bonds is 7. The van der Waals surface area contributed by atoms with Gasteiger partial charge in [0.1, 0.15) is 5.25 Å². The summed E-state index contributed by atoms with van der Waals surface area (Å²) in [7, 11) is 0.132. The zero-order valence-corrected chi connectivity index (χ0v) is 17.1. The van der Waals surface area contributed by atoms with Gasteiger partial charge in [-0.2, -0.15) is 0 Å². The number of benzene rings is 2. The Kier molecular flexibility index (Phi) is 6.29. The van der Waals surface area contributed by atoms with Crippen LogP contribution in [0.2, 0.25) is 0 Å². The van der Waals surface area contributed by atoms with E-state index in [4.69, 9.17) is 0 Å². The summed E-state index contributed by atoms with van der Waals surface area (Å²) in [6.07, 6.45) is 3.04. The molecular formula is C22H23N3O3S. The fourth-order valence-electron chi connectivity index (χ4n) is 2.96. The molecule has 1 N–H and O–H groups in total. The minimum atomic E-state index is -3.71. The molecule has 0 fully saturated rings. The van der Waals surface area contributed by atoms with Crippen molar-refractivity contribution in [2.45, 2.75) is 10.1 Å². The number of pyridine rings is 1. The molecule has 0 unspecified atom stereocenters. The van der Waals surface area contributed by atoms with E-state index in [1.807, 2.05) is 31.1 Å². The fourth-order valence-corrected chi connectivity index (χ4v) is 4.64. The molecule has 3 aromatic rings. The lowest BCUT2D eigenvalue weighted by Crippen LogP contribution is -2.32. The van der Waals surface area contributed by atoms with E-state index in [-0.39, 0.29) is 17.3 Å². The summed E-state index contributed by atoms with van der Waals surface area (Å²) in [4.78, 5) is 18.5. The lowest BCUT2D eigenvalue weighted by molar-refractivity contribution is 0.0953. The van der Waals surface area contributed by atoms with Crippen LogP contribution in [0.25, 0.3) is 0 Å². The van der Waals surface area contributed by atoms with E-state index >= 15 is 0 Å². The molecule has 0 bridgehead atoms. The molecule has 0 saturated carbocycles. The molecule has 0 aliphatic heterocycles. The highest BCUT2D eigenvalue weighted by atomic mass is 32.2. The summed E-state index contributed by atoms with van der Waals surface area (Å²) in [6.45, 7) is -0.0420. The number of nitrogens with zero attached hydrogens (tertiary/aromatic N) is 2. The minimum absolute atomic E-state index is 0.0420. The van der Waals surface area contributed by atoms with Gasteiger partial charge in [-0.3, -0.25) is 9.78 Å². The summed E-state index contributed by atoms with van der Waals surface area (Å²) in [5.41, 5.74) is 2.01. The number of hydrogen-bond acceptors (Lipinski definition) is 5. The third-order valence-electron chi connectivity index (χ3n) is 4.62. The third-order valence-corrected chi connectivity index (χ3v) is 6.74. The Morgan fingerprint density at radius 2 is 1.59 bits per heavy atom. The van der Waals surface area contributed by atoms with Crippen molar-refractivity contribution in [2.24, 2.45) is 0 Å². The average Bonchev–Trinajstić information content (AvgIpc) is 2.75. The first-order chi connectivity index (χ1) is 13.9. The number of sulfone groups is 1. The molecule has 1 aromatic heterocycles. The van der Waals surface area contributed by atoms with Crippen molar-refractivity contribution < 1.29 is 13.2 Å². The average molecular weight is 410 g/mol. The summed E-state index contributed by atoms with van der Waals surface area (Å²) in [5, 5.41) is 1.84. The van der Waals surface area contributed by atoms with E-state index in [1.165, 1.54) is 12.4 Å². The topological polar surface area (TPSA) is 79.4 Å². The third kappa shape index (κ3) is 4.81. The van der Waals surface area contributed by atoms with E-state index in [1.54, 1.807) is 54.6 Å². The maximum Gasteiger partial charge on any atom is 0.251 e. The Hall–Kier alpha value is -3.19. The van der Waals surface area contributed by atoms with Gasteiger partial charge in [0.05, 0.1) is 4.90 Å². The molecule has 1 heterocycles. The van der Waals surface area contributed by atoms with Gasteiger partial charge in [-0.15, -0.1) is 0 Å². The fraction of sp³-hybridized carbons (Fsp3) is 0.182. The first kappa shape index (κ1) is 20.5. The maximum atomic E-state index is 13.3. The maximum absolute atomic E-state index is 13.3. The highest BCUT2D eigenvalue weighted by Gasteiger charge is 2.29. The van der Waals surface area contributed by atoms with Gasteiger partial charge in [0.15, 0.2) is 9.84 Å². The molecule has 29 heavy (non-hydrogen) atoms. The van der Waals surface area contributed by atoms with Crippen molar-refractivity contribution in [1.29, 1.82) is 0 Å². The van der Waals surface area contributed by atoms with Gasteiger partial charge in [-0.05, 0) is 42.0 Å². The number of carbonyl (C=O) groups is 1. The molecule has 0 saturated heterocycles. The normalized spacial score (nSPS) is 12.2. The highest BCUT2D eigenvalue weighted by molar-refractivity contribution is 7.91. The molecule has 1 atom stereocenters. The van der Waals surface area contributed by atoms with Crippen LogP contribution in [0.1, 0.15) is 21.2 Å². The highest BCUT2D eigenvalue weighted by Crippen LogP contribution is 2.29. The molecule has 0 aliphatic rings. The number of hydrogen-bond donors (Lipinski definition) is 1. The van der Waals surface area contributed by atoms with Gasteiger partial charge in [0, 0.05) is 44.3 Å². The Morgan fingerprint density at radius 3 is 2.17 bits per heavy atom. The van der Waals surface area contributed by atoms with Crippen LogP contribution in [-0.2, 0) is 9.84 Å². The van der Waals surface area contributed by atoms with Gasteiger partial charge in [0.2, 0.25) is 0 Å². The number of aromatic nitrogens is 1. The molecular weight excluding hydrogens is 386 g/mol. The first-order valence-electron chi connectivity index (χ1n) is 9.14. The van der Waals surface area contributed by atoms with Gasteiger partial charge >= 0.3 is 0 Å². The lowest BCUT2D eigenvalue weighted by atomic mass is 10.1. The van der Waals surface area contributed by atoms with Gasteiger partial charge < -0.3 is 10.2 Å². The SMILES string of the molecule is CN(C)c1ccc([C@H](CNC(=O)c2ccncc2)S(=O)(=O)c2ccccc2)cc1. The van der Waals surface area contributed by atoms with E-state index in [2.05, 4.69) is 10.3 Å². The first-order valence-corrected chi connectivity index (χ1v) is 10.7. The van der Waals surface area contributed by atoms with E-state index in [0.717, 1.165) is 5.69 Å². The van der Waals surface area contributed by atoms with Crippen molar-refractivity contribution in [3.05, 3.63) is 90.3 Å². The predicted octanol–water partition coefficient (Wildman–Crippen LogP) is 3.09. The summed E-state index contributed by atoms with van der Waals surface area (Å²) in [6, 6.07) is 18.8. The van der Waals surface area contributed by atoms with Crippen LogP contribution in [0.15, 0.2) is 84.0 Å². The molecule has 150 valence electrons. The van der Waals surface area contributed by atoms with Crippen LogP contribution in [0.3, 0.4) is 0 Å². The standard InChI is InChI=1S/C22H23N3O3S/c1-25(2)19-10-8-17(9-11-19)21(29(27,28)20-6-4-3-5-7-20)16-24-22(26)18-12-14-23-15-13-18/h3-15,21H,16H2,1-2H3,(H,24,26)/t21-/m0/s1. The van der Waals surface area contributed by atoms with Crippen molar-refractivity contribution in [1.82, 2.24) is 10.3 Å². The predicted molar refractivity (Wildman–Crippen MR) is 114 cm³/mol. The molecule has 1 amide bonds. The smallest absolute Gasteiger partial charge is 0.251 e. The van der Waals surface area contributed by atoms with Crippen LogP contribution in [0.5, 0.6) is 0 Å². The molecule has 0 radical (unpaired) electrons.